The summed E-state index contributed by atoms with van der Waals surface area (Å²) in [6, 6.07) is 18.0. The lowest BCUT2D eigenvalue weighted by molar-refractivity contribution is 0.0600. The second-order valence-corrected chi connectivity index (χ2v) is 9.87. The molecule has 33 heavy (non-hydrogen) atoms. The highest BCUT2D eigenvalue weighted by Gasteiger charge is 2.29. The number of ether oxygens (including phenoxy) is 1. The van der Waals surface area contributed by atoms with Gasteiger partial charge < -0.3 is 10.1 Å². The van der Waals surface area contributed by atoms with Crippen molar-refractivity contribution in [3.63, 3.8) is 0 Å². The number of amides is 1. The molecule has 170 valence electrons. The number of sulfonamides is 1. The minimum atomic E-state index is -3.84. The van der Waals surface area contributed by atoms with Gasteiger partial charge in [-0.2, -0.15) is 4.31 Å². The zero-order chi connectivity index (χ0) is 23.6. The predicted molar refractivity (Wildman–Crippen MR) is 125 cm³/mol. The van der Waals surface area contributed by atoms with Crippen molar-refractivity contribution < 1.29 is 22.7 Å². The Labute approximate surface area is 197 Å². The monoisotopic (exact) mass is 484 g/mol. The summed E-state index contributed by atoms with van der Waals surface area (Å²) in [5.74, 6) is -1.14. The normalized spacial score (nSPS) is 13.8. The molecule has 7 nitrogen and oxygen atoms in total. The molecule has 0 fully saturated rings. The van der Waals surface area contributed by atoms with Crippen LogP contribution in [-0.2, 0) is 27.7 Å². The van der Waals surface area contributed by atoms with Gasteiger partial charge in [-0.05, 0) is 53.9 Å². The molecule has 0 aromatic heterocycles. The van der Waals surface area contributed by atoms with E-state index in [0.29, 0.717) is 18.7 Å². The van der Waals surface area contributed by atoms with E-state index >= 15 is 0 Å². The zero-order valence-corrected chi connectivity index (χ0v) is 19.3. The second kappa shape index (κ2) is 9.35. The third-order valence-electron chi connectivity index (χ3n) is 5.46. The molecule has 0 atom stereocenters. The first-order chi connectivity index (χ1) is 15.8. The molecule has 4 rings (SSSR count). The number of hydrogen-bond donors (Lipinski definition) is 1. The molecule has 1 aliphatic rings. The summed E-state index contributed by atoms with van der Waals surface area (Å²) in [4.78, 5) is 24.6. The lowest BCUT2D eigenvalue weighted by Crippen LogP contribution is -2.36. The van der Waals surface area contributed by atoms with E-state index in [-0.39, 0.29) is 27.6 Å². The number of halogens is 1. The van der Waals surface area contributed by atoms with Gasteiger partial charge in [-0.3, -0.25) is 4.79 Å². The first-order valence-electron chi connectivity index (χ1n) is 10.2. The van der Waals surface area contributed by atoms with Crippen molar-refractivity contribution in [1.29, 1.82) is 0 Å². The Balaban J connectivity index is 1.59. The van der Waals surface area contributed by atoms with E-state index in [0.717, 1.165) is 11.1 Å². The van der Waals surface area contributed by atoms with Crippen molar-refractivity contribution in [2.75, 3.05) is 19.0 Å². The maximum Gasteiger partial charge on any atom is 0.337 e. The predicted octanol–water partition coefficient (Wildman–Crippen LogP) is 4.13. The SMILES string of the molecule is COC(=O)c1cccc(NC(=O)c2cc(S(=O)(=O)N3CCc4ccccc4C3)ccc2Cl)c1. The lowest BCUT2D eigenvalue weighted by atomic mass is 10.0. The van der Waals surface area contributed by atoms with Crippen LogP contribution >= 0.6 is 11.6 Å². The number of nitrogens with one attached hydrogen (secondary N) is 1. The molecule has 0 spiro atoms. The van der Waals surface area contributed by atoms with Crippen LogP contribution in [0.4, 0.5) is 5.69 Å². The van der Waals surface area contributed by atoms with Crippen LogP contribution in [0, 0.1) is 0 Å². The summed E-state index contributed by atoms with van der Waals surface area (Å²) in [5.41, 5.74) is 2.72. The third kappa shape index (κ3) is 4.78. The second-order valence-electron chi connectivity index (χ2n) is 7.53. The number of fused-ring (bicyclic) bond motifs is 1. The molecule has 3 aromatic rings. The van der Waals surface area contributed by atoms with Crippen molar-refractivity contribution in [2.24, 2.45) is 0 Å². The van der Waals surface area contributed by atoms with E-state index in [1.54, 1.807) is 18.2 Å². The molecular weight excluding hydrogens is 464 g/mol. The topological polar surface area (TPSA) is 92.8 Å². The molecule has 0 saturated carbocycles. The number of anilines is 1. The average Bonchev–Trinajstić information content (AvgIpc) is 2.83. The Morgan fingerprint density at radius 1 is 1.00 bits per heavy atom. The molecule has 3 aromatic carbocycles. The highest BCUT2D eigenvalue weighted by Crippen LogP contribution is 2.28. The highest BCUT2D eigenvalue weighted by atomic mass is 35.5. The summed E-state index contributed by atoms with van der Waals surface area (Å²) < 4.78 is 32.7. The number of carbonyl (C=O) groups excluding carboxylic acids is 2. The fourth-order valence-corrected chi connectivity index (χ4v) is 5.35. The molecule has 1 aliphatic heterocycles. The van der Waals surface area contributed by atoms with Crippen LogP contribution in [0.3, 0.4) is 0 Å². The molecule has 1 N–H and O–H groups in total. The van der Waals surface area contributed by atoms with Crippen LogP contribution in [0.15, 0.2) is 71.6 Å². The van der Waals surface area contributed by atoms with Gasteiger partial charge >= 0.3 is 5.97 Å². The number of rotatable bonds is 5. The third-order valence-corrected chi connectivity index (χ3v) is 7.63. The standard InChI is InChI=1S/C24H21ClN2O5S/c1-32-24(29)17-7-4-8-19(13-17)26-23(28)21-14-20(9-10-22(21)25)33(30,31)27-12-11-16-5-2-3-6-18(16)15-27/h2-10,13-14H,11-12,15H2,1H3,(H,26,28). The zero-order valence-electron chi connectivity index (χ0n) is 17.7. The Kier molecular flexibility index (Phi) is 6.51. The van der Waals surface area contributed by atoms with Crippen LogP contribution in [0.5, 0.6) is 0 Å². The van der Waals surface area contributed by atoms with Crippen molar-refractivity contribution >= 4 is 39.2 Å². The van der Waals surface area contributed by atoms with Crippen molar-refractivity contribution in [3.05, 3.63) is 94.0 Å². The molecule has 0 saturated heterocycles. The molecule has 9 heteroatoms. The van der Waals surface area contributed by atoms with Gasteiger partial charge in [-0.15, -0.1) is 0 Å². The Bertz CT molecular complexity index is 1340. The molecular formula is C24H21ClN2O5S. The van der Waals surface area contributed by atoms with E-state index in [4.69, 9.17) is 11.6 Å². The number of hydrogen-bond acceptors (Lipinski definition) is 5. The average molecular weight is 485 g/mol. The number of nitrogens with zero attached hydrogens (tertiary/aromatic N) is 1. The van der Waals surface area contributed by atoms with Crippen molar-refractivity contribution in [2.45, 2.75) is 17.9 Å². The molecule has 1 amide bonds. The van der Waals surface area contributed by atoms with E-state index in [2.05, 4.69) is 10.1 Å². The molecule has 0 aliphatic carbocycles. The quantitative estimate of drug-likeness (QED) is 0.550. The van der Waals surface area contributed by atoms with E-state index < -0.39 is 21.9 Å². The van der Waals surface area contributed by atoms with E-state index in [1.165, 1.54) is 35.7 Å². The minimum absolute atomic E-state index is 0.0126. The fourth-order valence-electron chi connectivity index (χ4n) is 3.70. The molecule has 1 heterocycles. The van der Waals surface area contributed by atoms with Crippen LogP contribution in [-0.4, -0.2) is 38.3 Å². The minimum Gasteiger partial charge on any atom is -0.465 e. The molecule has 0 bridgehead atoms. The Hall–Kier alpha value is -3.20. The number of esters is 1. The molecule has 0 radical (unpaired) electrons. The Morgan fingerprint density at radius 2 is 1.76 bits per heavy atom. The van der Waals surface area contributed by atoms with Crippen LogP contribution in [0.2, 0.25) is 5.02 Å². The Morgan fingerprint density at radius 3 is 2.52 bits per heavy atom. The van der Waals surface area contributed by atoms with Gasteiger partial charge in [0.05, 0.1) is 28.2 Å². The summed E-state index contributed by atoms with van der Waals surface area (Å²) in [6.07, 6.45) is 0.618. The number of methoxy groups -OCH3 is 1. The van der Waals surface area contributed by atoms with Crippen molar-refractivity contribution in [1.82, 2.24) is 4.31 Å². The maximum atomic E-state index is 13.3. The fraction of sp³-hybridized carbons (Fsp3) is 0.167. The van der Waals surface area contributed by atoms with Gasteiger partial charge in [-0.25, -0.2) is 13.2 Å². The van der Waals surface area contributed by atoms with Crippen LogP contribution in [0.1, 0.15) is 31.8 Å². The maximum absolute atomic E-state index is 13.3. The van der Waals surface area contributed by atoms with Gasteiger partial charge in [0.1, 0.15) is 0 Å². The lowest BCUT2D eigenvalue weighted by Gasteiger charge is -2.28. The summed E-state index contributed by atoms with van der Waals surface area (Å²) in [6.45, 7) is 0.618. The smallest absolute Gasteiger partial charge is 0.337 e. The van der Waals surface area contributed by atoms with Gasteiger partial charge in [0.25, 0.3) is 5.91 Å². The van der Waals surface area contributed by atoms with Crippen LogP contribution < -0.4 is 5.32 Å². The van der Waals surface area contributed by atoms with Crippen LogP contribution in [0.25, 0.3) is 0 Å². The van der Waals surface area contributed by atoms with Gasteiger partial charge in [0.2, 0.25) is 10.0 Å². The first kappa shape index (κ1) is 23.0. The number of carbonyl (C=O) groups is 2. The van der Waals surface area contributed by atoms with Gasteiger partial charge in [-0.1, -0.05) is 41.9 Å². The largest absolute Gasteiger partial charge is 0.465 e. The van der Waals surface area contributed by atoms with E-state index in [1.807, 2.05) is 24.3 Å². The van der Waals surface area contributed by atoms with Gasteiger partial charge in [0.15, 0.2) is 0 Å². The summed E-state index contributed by atoms with van der Waals surface area (Å²) >= 11 is 6.22. The van der Waals surface area contributed by atoms with E-state index in [9.17, 15) is 18.0 Å². The summed E-state index contributed by atoms with van der Waals surface area (Å²) in [7, 11) is -2.57. The molecule has 0 unspecified atom stereocenters. The first-order valence-corrected chi connectivity index (χ1v) is 12.0. The summed E-state index contributed by atoms with van der Waals surface area (Å²) in [5, 5.41) is 2.76. The number of benzene rings is 3. The highest BCUT2D eigenvalue weighted by molar-refractivity contribution is 7.89. The van der Waals surface area contributed by atoms with Crippen molar-refractivity contribution in [3.8, 4) is 0 Å². The van der Waals surface area contributed by atoms with Gasteiger partial charge in [0, 0.05) is 18.8 Å².